The largest absolute Gasteiger partial charge is 0.366 e. The molecule has 1 fully saturated rings. The van der Waals surface area contributed by atoms with E-state index in [2.05, 4.69) is 45.1 Å². The summed E-state index contributed by atoms with van der Waals surface area (Å²) in [4.78, 5) is 8.12. The first-order chi connectivity index (χ1) is 7.49. The van der Waals surface area contributed by atoms with E-state index < -0.39 is 0 Å². The van der Waals surface area contributed by atoms with Crippen LogP contribution in [0.5, 0.6) is 0 Å². The number of hydrogen-bond donors (Lipinski definition) is 1. The maximum Gasteiger partial charge on any atom is 0.224 e. The third-order valence-electron chi connectivity index (χ3n) is 3.28. The van der Waals surface area contributed by atoms with Gasteiger partial charge in [-0.1, -0.05) is 20.3 Å². The highest BCUT2D eigenvalue weighted by molar-refractivity contribution is 9.10. The van der Waals surface area contributed by atoms with Gasteiger partial charge in [0.05, 0.1) is 4.47 Å². The van der Waals surface area contributed by atoms with E-state index in [1.807, 2.05) is 0 Å². The maximum absolute atomic E-state index is 5.79. The van der Waals surface area contributed by atoms with Gasteiger partial charge in [-0.2, -0.15) is 4.98 Å². The van der Waals surface area contributed by atoms with E-state index >= 15 is 0 Å². The molecule has 2 rings (SSSR count). The minimum absolute atomic E-state index is 0.279. The lowest BCUT2D eigenvalue weighted by Crippen LogP contribution is -2.31. The minimum Gasteiger partial charge on any atom is -0.366 e. The van der Waals surface area contributed by atoms with Crippen LogP contribution in [0.25, 0.3) is 0 Å². The van der Waals surface area contributed by atoms with E-state index in [0.717, 1.165) is 10.3 Å². The van der Waals surface area contributed by atoms with Crippen LogP contribution in [-0.4, -0.2) is 16.0 Å². The van der Waals surface area contributed by atoms with Crippen molar-refractivity contribution in [1.82, 2.24) is 9.97 Å². The molecule has 1 aromatic rings. The summed E-state index contributed by atoms with van der Waals surface area (Å²) >= 11 is 9.22. The summed E-state index contributed by atoms with van der Waals surface area (Å²) < 4.78 is 0.861. The molecule has 0 aromatic carbocycles. The highest BCUT2D eigenvalue weighted by Crippen LogP contribution is 2.39. The topological polar surface area (TPSA) is 37.8 Å². The van der Waals surface area contributed by atoms with E-state index in [1.54, 1.807) is 6.20 Å². The van der Waals surface area contributed by atoms with Crippen molar-refractivity contribution in [2.24, 2.45) is 5.41 Å². The van der Waals surface area contributed by atoms with E-state index in [9.17, 15) is 0 Å². The number of hydrogen-bond acceptors (Lipinski definition) is 3. The molecule has 16 heavy (non-hydrogen) atoms. The molecule has 1 aliphatic rings. The van der Waals surface area contributed by atoms with Gasteiger partial charge in [0.2, 0.25) is 5.28 Å². The zero-order valence-corrected chi connectivity index (χ0v) is 11.8. The van der Waals surface area contributed by atoms with Crippen LogP contribution < -0.4 is 5.32 Å². The predicted molar refractivity (Wildman–Crippen MR) is 69.8 cm³/mol. The first kappa shape index (κ1) is 12.1. The summed E-state index contributed by atoms with van der Waals surface area (Å²) in [6.07, 6.45) is 5.38. The summed E-state index contributed by atoms with van der Waals surface area (Å²) in [5.41, 5.74) is 0.316. The molecule has 1 aromatic heterocycles. The summed E-state index contributed by atoms with van der Waals surface area (Å²) in [5.74, 6) is 0.792. The fourth-order valence-electron chi connectivity index (χ4n) is 2.21. The van der Waals surface area contributed by atoms with Crippen molar-refractivity contribution in [3.05, 3.63) is 16.0 Å². The van der Waals surface area contributed by atoms with Gasteiger partial charge in [0.15, 0.2) is 0 Å². The van der Waals surface area contributed by atoms with Crippen LogP contribution in [-0.2, 0) is 0 Å². The highest BCUT2D eigenvalue weighted by Gasteiger charge is 2.34. The summed E-state index contributed by atoms with van der Waals surface area (Å²) in [5, 5.41) is 3.74. The van der Waals surface area contributed by atoms with E-state index in [-0.39, 0.29) is 5.28 Å². The maximum atomic E-state index is 5.79. The Hall–Kier alpha value is -0.350. The van der Waals surface area contributed by atoms with Gasteiger partial charge in [0.1, 0.15) is 5.82 Å². The van der Waals surface area contributed by atoms with Gasteiger partial charge in [0, 0.05) is 12.2 Å². The molecule has 88 valence electrons. The van der Waals surface area contributed by atoms with Gasteiger partial charge in [0.25, 0.3) is 0 Å². The number of anilines is 1. The van der Waals surface area contributed by atoms with Gasteiger partial charge in [-0.05, 0) is 45.8 Å². The molecule has 1 unspecified atom stereocenters. The van der Waals surface area contributed by atoms with Crippen molar-refractivity contribution >= 4 is 33.3 Å². The van der Waals surface area contributed by atoms with Crippen molar-refractivity contribution in [2.45, 2.75) is 39.2 Å². The third-order valence-corrected chi connectivity index (χ3v) is 4.05. The molecule has 0 bridgehead atoms. The molecule has 0 aliphatic heterocycles. The molecule has 0 spiro atoms. The monoisotopic (exact) mass is 303 g/mol. The molecule has 1 saturated carbocycles. The van der Waals surface area contributed by atoms with E-state index in [4.69, 9.17) is 11.6 Å². The van der Waals surface area contributed by atoms with Crippen LogP contribution in [0.3, 0.4) is 0 Å². The molecule has 1 atom stereocenters. The zero-order valence-electron chi connectivity index (χ0n) is 9.43. The van der Waals surface area contributed by atoms with Crippen molar-refractivity contribution in [3.8, 4) is 0 Å². The Morgan fingerprint density at radius 1 is 1.56 bits per heavy atom. The minimum atomic E-state index is 0.279. The Bertz CT molecular complexity index is 395. The highest BCUT2D eigenvalue weighted by atomic mass is 79.9. The second-order valence-corrected chi connectivity index (χ2v) is 6.11. The molecule has 1 N–H and O–H groups in total. The Labute approximate surface area is 109 Å². The number of halogens is 2. The normalized spacial score (nSPS) is 23.4. The SMILES string of the molecule is CC1(C)CCCC1Nc1nc(Cl)ncc1Br. The molecule has 0 radical (unpaired) electrons. The Morgan fingerprint density at radius 2 is 2.31 bits per heavy atom. The molecule has 3 nitrogen and oxygen atoms in total. The summed E-state index contributed by atoms with van der Waals surface area (Å²) in [6.45, 7) is 4.57. The van der Waals surface area contributed by atoms with Gasteiger partial charge in [-0.3, -0.25) is 0 Å². The molecule has 5 heteroatoms. The third kappa shape index (κ3) is 2.48. The lowest BCUT2D eigenvalue weighted by atomic mass is 9.87. The average Bonchev–Trinajstić information content (AvgIpc) is 2.52. The molecule has 0 amide bonds. The molecular weight excluding hydrogens is 289 g/mol. The predicted octanol–water partition coefficient (Wildman–Crippen LogP) is 3.88. The van der Waals surface area contributed by atoms with Crippen molar-refractivity contribution in [2.75, 3.05) is 5.32 Å². The Balaban J connectivity index is 2.17. The Kier molecular flexibility index (Phi) is 3.40. The first-order valence-electron chi connectivity index (χ1n) is 5.43. The number of nitrogens with one attached hydrogen (secondary N) is 1. The molecular formula is C11H15BrClN3. The van der Waals surface area contributed by atoms with Crippen molar-refractivity contribution in [1.29, 1.82) is 0 Å². The number of nitrogens with zero attached hydrogens (tertiary/aromatic N) is 2. The number of rotatable bonds is 2. The average molecular weight is 305 g/mol. The van der Waals surface area contributed by atoms with Crippen molar-refractivity contribution < 1.29 is 0 Å². The fraction of sp³-hybridized carbons (Fsp3) is 0.636. The van der Waals surface area contributed by atoms with Gasteiger partial charge in [-0.25, -0.2) is 4.98 Å². The summed E-state index contributed by atoms with van der Waals surface area (Å²) in [6, 6.07) is 0.453. The van der Waals surface area contributed by atoms with Gasteiger partial charge in [-0.15, -0.1) is 0 Å². The quantitative estimate of drug-likeness (QED) is 0.843. The van der Waals surface area contributed by atoms with Crippen molar-refractivity contribution in [3.63, 3.8) is 0 Å². The smallest absolute Gasteiger partial charge is 0.224 e. The second-order valence-electron chi connectivity index (χ2n) is 4.91. The summed E-state index contributed by atoms with van der Waals surface area (Å²) in [7, 11) is 0. The van der Waals surface area contributed by atoms with Crippen LogP contribution in [0.4, 0.5) is 5.82 Å². The lowest BCUT2D eigenvalue weighted by molar-refractivity contribution is 0.349. The fourth-order valence-corrected chi connectivity index (χ4v) is 2.64. The zero-order chi connectivity index (χ0) is 11.8. The standard InChI is InChI=1S/C11H15BrClN3/c1-11(2)5-3-4-8(11)15-9-7(12)6-14-10(13)16-9/h6,8H,3-5H2,1-2H3,(H,14,15,16). The number of aromatic nitrogens is 2. The first-order valence-corrected chi connectivity index (χ1v) is 6.61. The van der Waals surface area contributed by atoms with Crippen LogP contribution in [0.15, 0.2) is 10.7 Å². The Morgan fingerprint density at radius 3 is 2.94 bits per heavy atom. The van der Waals surface area contributed by atoms with Crippen LogP contribution in [0.2, 0.25) is 5.28 Å². The van der Waals surface area contributed by atoms with Crippen LogP contribution >= 0.6 is 27.5 Å². The van der Waals surface area contributed by atoms with E-state index in [1.165, 1.54) is 19.3 Å². The lowest BCUT2D eigenvalue weighted by Gasteiger charge is -2.28. The van der Waals surface area contributed by atoms with Crippen LogP contribution in [0.1, 0.15) is 33.1 Å². The van der Waals surface area contributed by atoms with E-state index in [0.29, 0.717) is 11.5 Å². The van der Waals surface area contributed by atoms with Gasteiger partial charge < -0.3 is 5.32 Å². The van der Waals surface area contributed by atoms with Gasteiger partial charge >= 0.3 is 0 Å². The molecule has 1 heterocycles. The molecule has 1 aliphatic carbocycles. The van der Waals surface area contributed by atoms with Crippen LogP contribution in [0, 0.1) is 5.41 Å². The molecule has 0 saturated heterocycles. The second kappa shape index (κ2) is 4.49.